The number of carbonyl (C=O) groups is 2. The lowest BCUT2D eigenvalue weighted by atomic mass is 9.78. The predicted octanol–water partition coefficient (Wildman–Crippen LogP) is 3.83. The Morgan fingerprint density at radius 3 is 2.61 bits per heavy atom. The quantitative estimate of drug-likeness (QED) is 0.682. The van der Waals surface area contributed by atoms with Crippen molar-refractivity contribution in [3.63, 3.8) is 0 Å². The Morgan fingerprint density at radius 1 is 1.18 bits per heavy atom. The molecular weight excluding hydrogens is 358 g/mol. The zero-order valence-corrected chi connectivity index (χ0v) is 17.6. The third-order valence-corrected chi connectivity index (χ3v) is 5.36. The van der Waals surface area contributed by atoms with E-state index in [-0.39, 0.29) is 18.6 Å². The van der Waals surface area contributed by atoms with Crippen molar-refractivity contribution in [1.29, 1.82) is 0 Å². The first-order valence-electron chi connectivity index (χ1n) is 10.1. The molecule has 0 spiro atoms. The molecule has 0 heterocycles. The Morgan fingerprint density at radius 2 is 1.93 bits per heavy atom. The van der Waals surface area contributed by atoms with Crippen LogP contribution in [0.3, 0.4) is 0 Å². The van der Waals surface area contributed by atoms with Crippen LogP contribution in [0.4, 0.5) is 0 Å². The fourth-order valence-electron chi connectivity index (χ4n) is 3.42. The Kier molecular flexibility index (Phi) is 8.15. The number of nitrogens with one attached hydrogen (secondary N) is 1. The average molecular weight is 392 g/mol. The van der Waals surface area contributed by atoms with Gasteiger partial charge in [-0.1, -0.05) is 40.5 Å². The van der Waals surface area contributed by atoms with Crippen LogP contribution in [0.2, 0.25) is 0 Å². The van der Waals surface area contributed by atoms with Crippen molar-refractivity contribution in [2.45, 2.75) is 53.0 Å². The second kappa shape index (κ2) is 10.3. The molecule has 6 nitrogen and oxygen atoms in total. The molecule has 1 fully saturated rings. The van der Waals surface area contributed by atoms with E-state index in [1.165, 1.54) is 13.5 Å². The molecule has 0 bridgehead atoms. The summed E-state index contributed by atoms with van der Waals surface area (Å²) >= 11 is 0. The zero-order chi connectivity index (χ0) is 20.7. The molecule has 0 radical (unpaired) electrons. The monoisotopic (exact) mass is 391 g/mol. The highest BCUT2D eigenvalue weighted by Crippen LogP contribution is 2.30. The highest BCUT2D eigenvalue weighted by Gasteiger charge is 2.28. The van der Waals surface area contributed by atoms with E-state index in [1.807, 2.05) is 0 Å². The van der Waals surface area contributed by atoms with Crippen LogP contribution in [0, 0.1) is 17.8 Å². The van der Waals surface area contributed by atoms with E-state index in [9.17, 15) is 9.59 Å². The molecule has 156 valence electrons. The van der Waals surface area contributed by atoms with Gasteiger partial charge in [-0.15, -0.1) is 0 Å². The third-order valence-electron chi connectivity index (χ3n) is 5.36. The van der Waals surface area contributed by atoms with Crippen molar-refractivity contribution in [3.8, 4) is 11.5 Å². The Balaban J connectivity index is 1.89. The van der Waals surface area contributed by atoms with Crippen LogP contribution in [0.1, 0.15) is 57.3 Å². The van der Waals surface area contributed by atoms with Gasteiger partial charge in [0.25, 0.3) is 5.91 Å². The molecule has 0 saturated heterocycles. The van der Waals surface area contributed by atoms with Crippen LogP contribution in [0.5, 0.6) is 11.5 Å². The van der Waals surface area contributed by atoms with Gasteiger partial charge in [-0.2, -0.15) is 0 Å². The molecular formula is C22H33NO5. The maximum Gasteiger partial charge on any atom is 0.338 e. The summed E-state index contributed by atoms with van der Waals surface area (Å²) in [7, 11) is 1.52. The lowest BCUT2D eigenvalue weighted by Crippen LogP contribution is -2.45. The van der Waals surface area contributed by atoms with Crippen molar-refractivity contribution in [2.75, 3.05) is 20.3 Å². The summed E-state index contributed by atoms with van der Waals surface area (Å²) in [5, 5.41) is 3.00. The SMILES string of the molecule is COc1cc(C(=O)OCC(=O)N[C@H]2CCC[C@@H](C)[C@H]2C)ccc1OCC(C)C. The summed E-state index contributed by atoms with van der Waals surface area (Å²) in [5.41, 5.74) is 0.321. The van der Waals surface area contributed by atoms with Gasteiger partial charge in [-0.3, -0.25) is 4.79 Å². The maximum absolute atomic E-state index is 12.3. The first-order valence-corrected chi connectivity index (χ1v) is 10.1. The molecule has 1 aliphatic rings. The van der Waals surface area contributed by atoms with Gasteiger partial charge in [0.1, 0.15) is 0 Å². The maximum atomic E-state index is 12.3. The van der Waals surface area contributed by atoms with Gasteiger partial charge in [0.2, 0.25) is 0 Å². The first-order chi connectivity index (χ1) is 13.3. The minimum absolute atomic E-state index is 0.146. The van der Waals surface area contributed by atoms with E-state index in [4.69, 9.17) is 14.2 Å². The Bertz CT molecular complexity index is 673. The Labute approximate surface area is 167 Å². The van der Waals surface area contributed by atoms with Crippen molar-refractivity contribution < 1.29 is 23.8 Å². The summed E-state index contributed by atoms with van der Waals surface area (Å²) in [6, 6.07) is 5.01. The summed E-state index contributed by atoms with van der Waals surface area (Å²) < 4.78 is 16.2. The smallest absolute Gasteiger partial charge is 0.338 e. The molecule has 28 heavy (non-hydrogen) atoms. The number of benzene rings is 1. The normalized spacial score (nSPS) is 21.9. The number of hydrogen-bond acceptors (Lipinski definition) is 5. The van der Waals surface area contributed by atoms with Crippen LogP contribution in [-0.4, -0.2) is 38.2 Å². The van der Waals surface area contributed by atoms with Gasteiger partial charge in [0.15, 0.2) is 18.1 Å². The lowest BCUT2D eigenvalue weighted by Gasteiger charge is -2.34. The minimum Gasteiger partial charge on any atom is -0.493 e. The van der Waals surface area contributed by atoms with Gasteiger partial charge >= 0.3 is 5.97 Å². The lowest BCUT2D eigenvalue weighted by molar-refractivity contribution is -0.125. The van der Waals surface area contributed by atoms with Gasteiger partial charge in [0, 0.05) is 6.04 Å². The van der Waals surface area contributed by atoms with Gasteiger partial charge in [0.05, 0.1) is 19.3 Å². The molecule has 1 amide bonds. The van der Waals surface area contributed by atoms with Crippen molar-refractivity contribution >= 4 is 11.9 Å². The third kappa shape index (κ3) is 6.14. The molecule has 1 aromatic carbocycles. The minimum atomic E-state index is -0.561. The van der Waals surface area contributed by atoms with E-state index in [0.717, 1.165) is 12.8 Å². The van der Waals surface area contributed by atoms with Crippen LogP contribution >= 0.6 is 0 Å². The number of carbonyl (C=O) groups excluding carboxylic acids is 2. The zero-order valence-electron chi connectivity index (χ0n) is 17.6. The molecule has 0 aliphatic heterocycles. The summed E-state index contributed by atoms with van der Waals surface area (Å²) in [6.45, 7) is 8.75. The van der Waals surface area contributed by atoms with Gasteiger partial charge in [-0.25, -0.2) is 4.79 Å². The summed E-state index contributed by atoms with van der Waals surface area (Å²) in [4.78, 5) is 24.5. The van der Waals surface area contributed by atoms with Crippen LogP contribution < -0.4 is 14.8 Å². The molecule has 6 heteroatoms. The largest absolute Gasteiger partial charge is 0.493 e. The fraction of sp³-hybridized carbons (Fsp3) is 0.636. The standard InChI is InChI=1S/C22H33NO5/c1-14(2)12-27-19-10-9-17(11-20(19)26-5)22(25)28-13-21(24)23-18-8-6-7-15(3)16(18)4/h9-11,14-16,18H,6-8,12-13H2,1-5H3,(H,23,24)/t15-,16-,18+/m1/s1. The van der Waals surface area contributed by atoms with E-state index < -0.39 is 5.97 Å². The number of hydrogen-bond donors (Lipinski definition) is 1. The van der Waals surface area contributed by atoms with Gasteiger partial charge < -0.3 is 19.5 Å². The number of rotatable bonds is 8. The van der Waals surface area contributed by atoms with E-state index in [2.05, 4.69) is 33.0 Å². The second-order valence-corrected chi connectivity index (χ2v) is 8.09. The summed E-state index contributed by atoms with van der Waals surface area (Å²) in [6.07, 6.45) is 3.28. The fourth-order valence-corrected chi connectivity index (χ4v) is 3.42. The van der Waals surface area contributed by atoms with E-state index >= 15 is 0 Å². The van der Waals surface area contributed by atoms with Crippen molar-refractivity contribution in [2.24, 2.45) is 17.8 Å². The number of amides is 1. The second-order valence-electron chi connectivity index (χ2n) is 8.09. The van der Waals surface area contributed by atoms with Crippen molar-refractivity contribution in [1.82, 2.24) is 5.32 Å². The summed E-state index contributed by atoms with van der Waals surface area (Å²) in [5.74, 6) is 1.61. The molecule has 1 saturated carbocycles. The molecule has 3 atom stereocenters. The predicted molar refractivity (Wildman–Crippen MR) is 108 cm³/mol. The number of esters is 1. The molecule has 1 aromatic rings. The first kappa shape index (κ1) is 22.1. The van der Waals surface area contributed by atoms with Gasteiger partial charge in [-0.05, 0) is 42.4 Å². The van der Waals surface area contributed by atoms with Crippen LogP contribution in [-0.2, 0) is 9.53 Å². The van der Waals surface area contributed by atoms with Crippen molar-refractivity contribution in [3.05, 3.63) is 23.8 Å². The Hall–Kier alpha value is -2.24. The highest BCUT2D eigenvalue weighted by atomic mass is 16.5. The number of methoxy groups -OCH3 is 1. The molecule has 1 N–H and O–H groups in total. The van der Waals surface area contributed by atoms with E-state index in [1.54, 1.807) is 18.2 Å². The molecule has 0 aromatic heterocycles. The molecule has 0 unspecified atom stereocenters. The molecule has 2 rings (SSSR count). The van der Waals surface area contributed by atoms with E-state index in [0.29, 0.717) is 41.4 Å². The average Bonchev–Trinajstić information content (AvgIpc) is 2.67. The van der Waals surface area contributed by atoms with Crippen LogP contribution in [0.15, 0.2) is 18.2 Å². The van der Waals surface area contributed by atoms with Crippen LogP contribution in [0.25, 0.3) is 0 Å². The topological polar surface area (TPSA) is 73.9 Å². The highest BCUT2D eigenvalue weighted by molar-refractivity contribution is 5.92. The molecule has 1 aliphatic carbocycles. The number of ether oxygens (including phenoxy) is 3.